The summed E-state index contributed by atoms with van der Waals surface area (Å²) in [5, 5.41) is 9.14. The SMILES string of the molecule is CCn1cc(C(=O)O)c(=O)c2c(N)c(F)c(N3CC(N)C4(CC4)C3)c(Cl)c21. The van der Waals surface area contributed by atoms with Gasteiger partial charge in [0, 0.05) is 37.3 Å². The average Bonchev–Trinajstić information content (AvgIpc) is 3.32. The number of hydrogen-bond acceptors (Lipinski definition) is 5. The summed E-state index contributed by atoms with van der Waals surface area (Å²) in [5.74, 6) is -2.20. The number of benzene rings is 1. The lowest BCUT2D eigenvalue weighted by Crippen LogP contribution is -2.30. The highest BCUT2D eigenvalue weighted by Crippen LogP contribution is 2.54. The summed E-state index contributed by atoms with van der Waals surface area (Å²) < 4.78 is 16.7. The van der Waals surface area contributed by atoms with Gasteiger partial charge in [0.15, 0.2) is 5.82 Å². The van der Waals surface area contributed by atoms with Crippen LogP contribution in [0.25, 0.3) is 10.9 Å². The smallest absolute Gasteiger partial charge is 0.341 e. The third-order valence-electron chi connectivity index (χ3n) is 5.90. The van der Waals surface area contributed by atoms with E-state index < -0.39 is 22.8 Å². The summed E-state index contributed by atoms with van der Waals surface area (Å²) >= 11 is 6.56. The Kier molecular flexibility index (Phi) is 3.91. The van der Waals surface area contributed by atoms with E-state index >= 15 is 4.39 Å². The molecule has 27 heavy (non-hydrogen) atoms. The number of hydrogen-bond donors (Lipinski definition) is 3. The molecule has 1 aromatic heterocycles. The van der Waals surface area contributed by atoms with E-state index in [1.807, 2.05) is 0 Å². The van der Waals surface area contributed by atoms with Crippen molar-refractivity contribution in [3.63, 3.8) is 0 Å². The van der Waals surface area contributed by atoms with Gasteiger partial charge in [-0.25, -0.2) is 9.18 Å². The standard InChI is InChI=1S/C18H20ClFN4O3/c1-2-23-5-8(17(26)27)16(25)10-13(22)12(20)15(11(19)14(10)23)24-6-9(21)18(7-24)3-4-18/h5,9H,2-4,6-7,21-22H2,1H3,(H,26,27). The number of aromatic nitrogens is 1. The van der Waals surface area contributed by atoms with Crippen LogP contribution in [0.4, 0.5) is 15.8 Å². The predicted molar refractivity (Wildman–Crippen MR) is 102 cm³/mol. The van der Waals surface area contributed by atoms with Crippen LogP contribution in [0.3, 0.4) is 0 Å². The zero-order valence-corrected chi connectivity index (χ0v) is 15.5. The number of aryl methyl sites for hydroxylation is 1. The maximum atomic E-state index is 15.2. The van der Waals surface area contributed by atoms with Gasteiger partial charge in [-0.05, 0) is 19.8 Å². The van der Waals surface area contributed by atoms with Gasteiger partial charge < -0.3 is 26.0 Å². The summed E-state index contributed by atoms with van der Waals surface area (Å²) in [4.78, 5) is 25.8. The molecule has 0 amide bonds. The Morgan fingerprint density at radius 3 is 2.67 bits per heavy atom. The van der Waals surface area contributed by atoms with Gasteiger partial charge in [0.25, 0.3) is 0 Å². The first-order valence-electron chi connectivity index (χ1n) is 8.79. The van der Waals surface area contributed by atoms with Crippen LogP contribution >= 0.6 is 11.6 Å². The fourth-order valence-corrected chi connectivity index (χ4v) is 4.53. The zero-order valence-electron chi connectivity index (χ0n) is 14.8. The molecule has 7 nitrogen and oxygen atoms in total. The van der Waals surface area contributed by atoms with Gasteiger partial charge in [-0.2, -0.15) is 0 Å². The quantitative estimate of drug-likeness (QED) is 0.686. The van der Waals surface area contributed by atoms with E-state index in [4.69, 9.17) is 23.1 Å². The van der Waals surface area contributed by atoms with E-state index in [1.54, 1.807) is 11.8 Å². The molecule has 2 heterocycles. The van der Waals surface area contributed by atoms with Crippen molar-refractivity contribution in [2.75, 3.05) is 23.7 Å². The van der Waals surface area contributed by atoms with Crippen LogP contribution < -0.4 is 21.8 Å². The largest absolute Gasteiger partial charge is 0.477 e. The lowest BCUT2D eigenvalue weighted by atomic mass is 10.0. The molecular weight excluding hydrogens is 375 g/mol. The second-order valence-corrected chi connectivity index (χ2v) is 7.80. The molecule has 1 spiro atoms. The van der Waals surface area contributed by atoms with Gasteiger partial charge >= 0.3 is 5.97 Å². The molecule has 9 heteroatoms. The molecule has 5 N–H and O–H groups in total. The van der Waals surface area contributed by atoms with E-state index in [-0.39, 0.29) is 38.8 Å². The fourth-order valence-electron chi connectivity index (χ4n) is 4.13. The Bertz CT molecular complexity index is 1050. The van der Waals surface area contributed by atoms with Crippen LogP contribution in [0.15, 0.2) is 11.0 Å². The number of aromatic carboxylic acids is 1. The first kappa shape index (κ1) is 18.1. The minimum absolute atomic E-state index is 0.00290. The number of fused-ring (bicyclic) bond motifs is 1. The Labute approximate surface area is 159 Å². The minimum atomic E-state index is -1.40. The highest BCUT2D eigenvalue weighted by atomic mass is 35.5. The number of carboxylic acids is 1. The number of carbonyl (C=O) groups is 1. The third kappa shape index (κ3) is 2.43. The summed E-state index contributed by atoms with van der Waals surface area (Å²) in [6, 6.07) is -0.0763. The van der Waals surface area contributed by atoms with E-state index in [2.05, 4.69) is 0 Å². The molecule has 1 aliphatic carbocycles. The second-order valence-electron chi connectivity index (χ2n) is 7.43. The summed E-state index contributed by atoms with van der Waals surface area (Å²) in [6.45, 7) is 3.14. The van der Waals surface area contributed by atoms with Gasteiger partial charge in [0.1, 0.15) is 5.56 Å². The number of nitrogens with two attached hydrogens (primary N) is 2. The molecule has 144 valence electrons. The number of halogens is 2. The van der Waals surface area contributed by atoms with Crippen molar-refractivity contribution in [3.8, 4) is 0 Å². The van der Waals surface area contributed by atoms with Crippen molar-refractivity contribution in [3.05, 3.63) is 32.8 Å². The first-order chi connectivity index (χ1) is 12.7. The monoisotopic (exact) mass is 394 g/mol. The number of nitrogen functional groups attached to an aromatic ring is 1. The molecule has 0 bridgehead atoms. The normalized spacial score (nSPS) is 20.6. The van der Waals surface area contributed by atoms with Crippen molar-refractivity contribution in [2.24, 2.45) is 11.1 Å². The molecule has 1 unspecified atom stereocenters. The van der Waals surface area contributed by atoms with Gasteiger partial charge in [-0.15, -0.1) is 0 Å². The second kappa shape index (κ2) is 5.84. The fraction of sp³-hybridized carbons (Fsp3) is 0.444. The number of pyridine rings is 1. The maximum Gasteiger partial charge on any atom is 0.341 e. The van der Waals surface area contributed by atoms with Gasteiger partial charge in [0.05, 0.1) is 27.3 Å². The number of nitrogens with zero attached hydrogens (tertiary/aromatic N) is 2. The van der Waals surface area contributed by atoms with Gasteiger partial charge in [-0.1, -0.05) is 11.6 Å². The molecule has 1 saturated carbocycles. The molecule has 0 radical (unpaired) electrons. The summed E-state index contributed by atoms with van der Waals surface area (Å²) in [5.41, 5.74) is 10.9. The Hall–Kier alpha value is -2.32. The van der Waals surface area contributed by atoms with Crippen LogP contribution in [0.1, 0.15) is 30.1 Å². The van der Waals surface area contributed by atoms with E-state index in [0.717, 1.165) is 12.8 Å². The highest BCUT2D eigenvalue weighted by molar-refractivity contribution is 6.38. The average molecular weight is 395 g/mol. The minimum Gasteiger partial charge on any atom is -0.477 e. The molecule has 1 aliphatic heterocycles. The molecule has 2 aliphatic rings. The molecule has 1 aromatic carbocycles. The number of carboxylic acid groups (broad SMARTS) is 1. The molecule has 1 atom stereocenters. The predicted octanol–water partition coefficient (Wildman–Crippen LogP) is 2.02. The lowest BCUT2D eigenvalue weighted by Gasteiger charge is -2.24. The summed E-state index contributed by atoms with van der Waals surface area (Å²) in [7, 11) is 0. The Balaban J connectivity index is 2.02. The Morgan fingerprint density at radius 2 is 2.15 bits per heavy atom. The Morgan fingerprint density at radius 1 is 1.48 bits per heavy atom. The summed E-state index contributed by atoms with van der Waals surface area (Å²) in [6.07, 6.45) is 3.21. The highest BCUT2D eigenvalue weighted by Gasteiger charge is 2.54. The van der Waals surface area contributed by atoms with E-state index in [9.17, 15) is 14.7 Å². The van der Waals surface area contributed by atoms with Crippen molar-refractivity contribution >= 4 is 39.8 Å². The van der Waals surface area contributed by atoms with Gasteiger partial charge in [-0.3, -0.25) is 4.79 Å². The lowest BCUT2D eigenvalue weighted by molar-refractivity contribution is 0.0695. The van der Waals surface area contributed by atoms with Crippen LogP contribution in [-0.4, -0.2) is 34.8 Å². The first-order valence-corrected chi connectivity index (χ1v) is 9.17. The molecule has 2 aromatic rings. The van der Waals surface area contributed by atoms with Crippen LogP contribution in [0.5, 0.6) is 0 Å². The molecule has 2 fully saturated rings. The van der Waals surface area contributed by atoms with E-state index in [1.165, 1.54) is 10.8 Å². The van der Waals surface area contributed by atoms with Crippen LogP contribution in [0.2, 0.25) is 5.02 Å². The van der Waals surface area contributed by atoms with Crippen molar-refractivity contribution in [2.45, 2.75) is 32.4 Å². The maximum absolute atomic E-state index is 15.2. The third-order valence-corrected chi connectivity index (χ3v) is 6.26. The van der Waals surface area contributed by atoms with Crippen molar-refractivity contribution < 1.29 is 14.3 Å². The molecule has 4 rings (SSSR count). The molecular formula is C18H20ClFN4O3. The number of rotatable bonds is 3. The van der Waals surface area contributed by atoms with Crippen LogP contribution in [-0.2, 0) is 6.54 Å². The van der Waals surface area contributed by atoms with Crippen molar-refractivity contribution in [1.29, 1.82) is 0 Å². The zero-order chi connectivity index (χ0) is 19.7. The number of anilines is 2. The molecule has 1 saturated heterocycles. The van der Waals surface area contributed by atoms with Gasteiger partial charge in [0.2, 0.25) is 5.43 Å². The van der Waals surface area contributed by atoms with Crippen LogP contribution in [0, 0.1) is 11.2 Å². The topological polar surface area (TPSA) is 115 Å². The van der Waals surface area contributed by atoms with E-state index in [0.29, 0.717) is 19.6 Å². The van der Waals surface area contributed by atoms with Crippen molar-refractivity contribution in [1.82, 2.24) is 4.57 Å².